The Morgan fingerprint density at radius 2 is 2.05 bits per heavy atom. The minimum Gasteiger partial charge on any atom is -0.468 e. The molecule has 0 radical (unpaired) electrons. The van der Waals surface area contributed by atoms with Gasteiger partial charge in [-0.25, -0.2) is 0 Å². The van der Waals surface area contributed by atoms with E-state index < -0.39 is 15.9 Å². The maximum absolute atomic E-state index is 11.9. The van der Waals surface area contributed by atoms with Crippen LogP contribution in [0.5, 0.6) is 0 Å². The van der Waals surface area contributed by atoms with Gasteiger partial charge in [-0.15, -0.1) is 0 Å². The highest BCUT2D eigenvalue weighted by atomic mass is 35.6. The molecular weight excluding hydrogens is 335 g/mol. The van der Waals surface area contributed by atoms with Crippen molar-refractivity contribution in [1.82, 2.24) is 10.3 Å². The van der Waals surface area contributed by atoms with Crippen LogP contribution >= 0.6 is 34.8 Å². The first-order chi connectivity index (χ1) is 9.91. The Labute approximate surface area is 136 Å². The Kier molecular flexibility index (Phi) is 3.82. The lowest BCUT2D eigenvalue weighted by molar-refractivity contribution is -0.143. The molecule has 2 heterocycles. The standard InChI is InChI=1S/C14H13Cl3N2O2/c1-21-13(20)10-6-8-7-4-2-3-5-9(7)18-11(8)12(19-10)14(15,16)17/h2-5,10,12,18-19H,6H2,1H3/t10-,12?/m0/s1. The van der Waals surface area contributed by atoms with Gasteiger partial charge in [0, 0.05) is 23.0 Å². The van der Waals surface area contributed by atoms with Gasteiger partial charge in [0.25, 0.3) is 0 Å². The maximum atomic E-state index is 11.9. The third kappa shape index (κ3) is 2.61. The largest absolute Gasteiger partial charge is 0.468 e. The van der Waals surface area contributed by atoms with E-state index in [9.17, 15) is 4.79 Å². The number of halogens is 3. The number of para-hydroxylation sites is 1. The minimum absolute atomic E-state index is 0.370. The molecule has 0 saturated carbocycles. The molecule has 0 spiro atoms. The van der Waals surface area contributed by atoms with Crippen LogP contribution in [-0.4, -0.2) is 27.9 Å². The smallest absolute Gasteiger partial charge is 0.323 e. The molecule has 2 N–H and O–H groups in total. The summed E-state index contributed by atoms with van der Waals surface area (Å²) in [5, 5.41) is 4.09. The Morgan fingerprint density at radius 1 is 1.33 bits per heavy atom. The third-order valence-electron chi connectivity index (χ3n) is 3.72. The highest BCUT2D eigenvalue weighted by molar-refractivity contribution is 6.68. The van der Waals surface area contributed by atoms with E-state index in [1.807, 2.05) is 24.3 Å². The first kappa shape index (κ1) is 15.0. The van der Waals surface area contributed by atoms with Crippen molar-refractivity contribution in [3.8, 4) is 0 Å². The fourth-order valence-corrected chi connectivity index (χ4v) is 3.30. The topological polar surface area (TPSA) is 54.1 Å². The van der Waals surface area contributed by atoms with Crippen LogP contribution in [0.4, 0.5) is 0 Å². The molecule has 4 nitrogen and oxygen atoms in total. The number of rotatable bonds is 1. The van der Waals surface area contributed by atoms with Gasteiger partial charge in [0.15, 0.2) is 0 Å². The average Bonchev–Trinajstić information content (AvgIpc) is 2.82. The van der Waals surface area contributed by atoms with Crippen LogP contribution in [0.2, 0.25) is 0 Å². The molecule has 1 unspecified atom stereocenters. The quantitative estimate of drug-likeness (QED) is 0.615. The molecule has 1 aliphatic heterocycles. The highest BCUT2D eigenvalue weighted by Gasteiger charge is 2.43. The van der Waals surface area contributed by atoms with E-state index in [4.69, 9.17) is 39.5 Å². The van der Waals surface area contributed by atoms with Crippen LogP contribution < -0.4 is 5.32 Å². The molecule has 0 bridgehead atoms. The Morgan fingerprint density at radius 3 is 2.71 bits per heavy atom. The lowest BCUT2D eigenvalue weighted by Crippen LogP contribution is -2.49. The summed E-state index contributed by atoms with van der Waals surface area (Å²) >= 11 is 18.2. The molecule has 7 heteroatoms. The second kappa shape index (κ2) is 5.36. The predicted molar refractivity (Wildman–Crippen MR) is 84.0 cm³/mol. The van der Waals surface area contributed by atoms with Gasteiger partial charge < -0.3 is 9.72 Å². The number of aromatic amines is 1. The van der Waals surface area contributed by atoms with Crippen LogP contribution in [0.25, 0.3) is 10.9 Å². The van der Waals surface area contributed by atoms with Crippen molar-refractivity contribution in [2.45, 2.75) is 22.3 Å². The van der Waals surface area contributed by atoms with E-state index in [2.05, 4.69) is 10.3 Å². The number of carbonyl (C=O) groups excluding carboxylic acids is 1. The molecule has 0 fully saturated rings. The number of nitrogens with one attached hydrogen (secondary N) is 2. The van der Waals surface area contributed by atoms with Gasteiger partial charge in [-0.2, -0.15) is 0 Å². The Balaban J connectivity index is 2.15. The van der Waals surface area contributed by atoms with Crippen LogP contribution in [0.1, 0.15) is 17.3 Å². The Hall–Kier alpha value is -0.940. The molecule has 0 saturated heterocycles. The molecule has 1 aromatic heterocycles. The van der Waals surface area contributed by atoms with Gasteiger partial charge in [0.05, 0.1) is 13.2 Å². The second-order valence-corrected chi connectivity index (χ2v) is 7.35. The molecule has 2 atom stereocenters. The van der Waals surface area contributed by atoms with Crippen molar-refractivity contribution >= 4 is 51.7 Å². The fraction of sp³-hybridized carbons (Fsp3) is 0.357. The van der Waals surface area contributed by atoms with E-state index >= 15 is 0 Å². The van der Waals surface area contributed by atoms with Crippen molar-refractivity contribution in [3.63, 3.8) is 0 Å². The van der Waals surface area contributed by atoms with Crippen LogP contribution in [0.3, 0.4) is 0 Å². The summed E-state index contributed by atoms with van der Waals surface area (Å²) in [5.41, 5.74) is 2.74. The SMILES string of the molecule is COC(=O)[C@@H]1Cc2c([nH]c3ccccc23)C(C(Cl)(Cl)Cl)N1. The average molecular weight is 348 g/mol. The van der Waals surface area contributed by atoms with Crippen molar-refractivity contribution in [2.24, 2.45) is 0 Å². The summed E-state index contributed by atoms with van der Waals surface area (Å²) < 4.78 is 3.23. The number of hydrogen-bond acceptors (Lipinski definition) is 3. The fourth-order valence-electron chi connectivity index (χ4n) is 2.79. The van der Waals surface area contributed by atoms with Crippen molar-refractivity contribution in [3.05, 3.63) is 35.5 Å². The number of carbonyl (C=O) groups is 1. The van der Waals surface area contributed by atoms with Gasteiger partial charge in [0.2, 0.25) is 3.79 Å². The number of H-pyrrole nitrogens is 1. The molecule has 1 aliphatic rings. The molecule has 0 aliphatic carbocycles. The number of methoxy groups -OCH3 is 1. The number of aromatic nitrogens is 1. The molecule has 2 aromatic rings. The second-order valence-electron chi connectivity index (χ2n) is 4.98. The lowest BCUT2D eigenvalue weighted by atomic mass is 9.94. The minimum atomic E-state index is -1.58. The van der Waals surface area contributed by atoms with Crippen molar-refractivity contribution in [2.75, 3.05) is 7.11 Å². The number of alkyl halides is 3. The summed E-state index contributed by atoms with van der Waals surface area (Å²) in [7, 11) is 1.35. The highest BCUT2D eigenvalue weighted by Crippen LogP contribution is 2.44. The number of ether oxygens (including phenoxy) is 1. The van der Waals surface area contributed by atoms with Gasteiger partial charge in [-0.1, -0.05) is 53.0 Å². The first-order valence-electron chi connectivity index (χ1n) is 6.42. The molecule has 1 aromatic carbocycles. The first-order valence-corrected chi connectivity index (χ1v) is 7.55. The number of benzene rings is 1. The molecule has 0 amide bonds. The zero-order chi connectivity index (χ0) is 15.2. The Bertz CT molecular complexity index is 693. The van der Waals surface area contributed by atoms with Crippen LogP contribution in [0, 0.1) is 0 Å². The van der Waals surface area contributed by atoms with Crippen molar-refractivity contribution in [1.29, 1.82) is 0 Å². The lowest BCUT2D eigenvalue weighted by Gasteiger charge is -2.33. The van der Waals surface area contributed by atoms with E-state index in [0.29, 0.717) is 6.42 Å². The van der Waals surface area contributed by atoms with Gasteiger partial charge >= 0.3 is 5.97 Å². The number of hydrogen-bond donors (Lipinski definition) is 2. The molecular formula is C14H13Cl3N2O2. The summed E-state index contributed by atoms with van der Waals surface area (Å²) in [6, 6.07) is 6.66. The van der Waals surface area contributed by atoms with Gasteiger partial charge in [0.1, 0.15) is 6.04 Å². The van der Waals surface area contributed by atoms with E-state index in [0.717, 1.165) is 22.2 Å². The normalized spacial score (nSPS) is 22.1. The third-order valence-corrected chi connectivity index (χ3v) is 4.38. The number of fused-ring (bicyclic) bond motifs is 3. The monoisotopic (exact) mass is 346 g/mol. The molecule has 112 valence electrons. The zero-order valence-corrected chi connectivity index (χ0v) is 13.4. The van der Waals surface area contributed by atoms with Crippen LogP contribution in [0.15, 0.2) is 24.3 Å². The van der Waals surface area contributed by atoms with Crippen molar-refractivity contribution < 1.29 is 9.53 Å². The molecule has 3 rings (SSSR count). The van der Waals surface area contributed by atoms with E-state index in [-0.39, 0.29) is 5.97 Å². The summed E-state index contributed by atoms with van der Waals surface area (Å²) in [5.74, 6) is -0.370. The molecule has 21 heavy (non-hydrogen) atoms. The number of esters is 1. The summed E-state index contributed by atoms with van der Waals surface area (Å²) in [6.45, 7) is 0. The predicted octanol–water partition coefficient (Wildman–Crippen LogP) is 3.27. The van der Waals surface area contributed by atoms with Gasteiger partial charge in [-0.05, 0) is 11.6 Å². The van der Waals surface area contributed by atoms with E-state index in [1.54, 1.807) is 0 Å². The summed E-state index contributed by atoms with van der Waals surface area (Å²) in [6.07, 6.45) is 0.489. The van der Waals surface area contributed by atoms with Gasteiger partial charge in [-0.3, -0.25) is 10.1 Å². The maximum Gasteiger partial charge on any atom is 0.323 e. The summed E-state index contributed by atoms with van der Waals surface area (Å²) in [4.78, 5) is 15.2. The van der Waals surface area contributed by atoms with Crippen LogP contribution in [-0.2, 0) is 16.0 Å². The van der Waals surface area contributed by atoms with E-state index in [1.165, 1.54) is 7.11 Å². The zero-order valence-electron chi connectivity index (χ0n) is 11.1.